The predicted octanol–water partition coefficient (Wildman–Crippen LogP) is 4.02. The molecule has 0 saturated carbocycles. The third kappa shape index (κ3) is 5.56. The average molecular weight is 378 g/mol. The van der Waals surface area contributed by atoms with E-state index in [9.17, 15) is 4.21 Å². The van der Waals surface area contributed by atoms with E-state index in [1.165, 1.54) is 12.0 Å². The van der Waals surface area contributed by atoms with Crippen molar-refractivity contribution < 1.29 is 8.95 Å². The van der Waals surface area contributed by atoms with E-state index in [-0.39, 0.29) is 0 Å². The van der Waals surface area contributed by atoms with Crippen LogP contribution >= 0.6 is 11.6 Å². The number of nitrogens with zero attached hydrogens (tertiary/aromatic N) is 1. The highest BCUT2D eigenvalue weighted by atomic mass is 35.5. The van der Waals surface area contributed by atoms with Gasteiger partial charge in [-0.15, -0.1) is 0 Å². The van der Waals surface area contributed by atoms with Gasteiger partial charge >= 0.3 is 0 Å². The minimum Gasteiger partial charge on any atom is -0.493 e. The van der Waals surface area contributed by atoms with Crippen molar-refractivity contribution in [3.8, 4) is 5.75 Å². The normalized spacial score (nSPS) is 19.0. The zero-order valence-electron chi connectivity index (χ0n) is 14.5. The molecule has 0 radical (unpaired) electrons. The molecule has 2 aromatic rings. The van der Waals surface area contributed by atoms with Gasteiger partial charge in [0.2, 0.25) is 0 Å². The van der Waals surface area contributed by atoms with Crippen LogP contribution in [0, 0.1) is 5.92 Å². The van der Waals surface area contributed by atoms with Gasteiger partial charge in [0.05, 0.1) is 6.61 Å². The number of rotatable bonds is 7. The van der Waals surface area contributed by atoms with Crippen molar-refractivity contribution in [1.29, 1.82) is 0 Å². The zero-order chi connectivity index (χ0) is 17.6. The molecule has 0 spiro atoms. The monoisotopic (exact) mass is 377 g/mol. The lowest BCUT2D eigenvalue weighted by molar-refractivity contribution is 0.241. The van der Waals surface area contributed by atoms with Gasteiger partial charge in [-0.05, 0) is 61.3 Å². The Bertz CT molecular complexity index is 720. The first-order valence-corrected chi connectivity index (χ1v) is 10.6. The molecule has 1 aliphatic heterocycles. The highest BCUT2D eigenvalue weighted by Crippen LogP contribution is 2.20. The van der Waals surface area contributed by atoms with Crippen molar-refractivity contribution in [1.82, 2.24) is 4.90 Å². The number of likely N-dealkylation sites (tertiary alicyclic amines) is 1. The summed E-state index contributed by atoms with van der Waals surface area (Å²) in [6, 6.07) is 15.7. The SMILES string of the molecule is CS(=O)c1ccc(OCC2CCN(CCc3cccc(Cl)c3)C2)cc1. The summed E-state index contributed by atoms with van der Waals surface area (Å²) >= 11 is 6.04. The second-order valence-corrected chi connectivity index (χ2v) is 8.39. The van der Waals surface area contributed by atoms with Crippen LogP contribution in [0.15, 0.2) is 53.4 Å². The lowest BCUT2D eigenvalue weighted by atomic mass is 10.1. The fourth-order valence-electron chi connectivity index (χ4n) is 3.17. The van der Waals surface area contributed by atoms with Crippen LogP contribution in [0.1, 0.15) is 12.0 Å². The first-order valence-electron chi connectivity index (χ1n) is 8.63. The van der Waals surface area contributed by atoms with Crippen molar-refractivity contribution in [2.45, 2.75) is 17.7 Å². The fraction of sp³-hybridized carbons (Fsp3) is 0.400. The molecule has 1 aliphatic rings. The molecule has 1 heterocycles. The average Bonchev–Trinajstić information content (AvgIpc) is 3.06. The summed E-state index contributed by atoms with van der Waals surface area (Å²) in [5.74, 6) is 1.42. The first kappa shape index (κ1) is 18.4. The molecule has 0 aliphatic carbocycles. The van der Waals surface area contributed by atoms with Crippen LogP contribution in [-0.4, -0.2) is 41.6 Å². The Kier molecular flexibility index (Phi) is 6.51. The minimum absolute atomic E-state index is 0.569. The first-order chi connectivity index (χ1) is 12.1. The predicted molar refractivity (Wildman–Crippen MR) is 104 cm³/mol. The number of ether oxygens (including phenoxy) is 1. The van der Waals surface area contributed by atoms with Gasteiger partial charge in [-0.3, -0.25) is 4.21 Å². The Balaban J connectivity index is 1.41. The Hall–Kier alpha value is -1.36. The summed E-state index contributed by atoms with van der Waals surface area (Å²) < 4.78 is 17.3. The van der Waals surface area contributed by atoms with Gasteiger partial charge < -0.3 is 9.64 Å². The lowest BCUT2D eigenvalue weighted by Crippen LogP contribution is -2.24. The summed E-state index contributed by atoms with van der Waals surface area (Å²) in [6.45, 7) is 4.01. The molecule has 3 rings (SSSR count). The van der Waals surface area contributed by atoms with Crippen LogP contribution in [0.3, 0.4) is 0 Å². The zero-order valence-corrected chi connectivity index (χ0v) is 16.1. The molecule has 2 unspecified atom stereocenters. The number of halogens is 1. The van der Waals surface area contributed by atoms with Gasteiger partial charge in [-0.2, -0.15) is 0 Å². The molecule has 0 amide bonds. The quantitative estimate of drug-likeness (QED) is 0.729. The van der Waals surface area contributed by atoms with E-state index in [2.05, 4.69) is 11.0 Å². The van der Waals surface area contributed by atoms with E-state index in [4.69, 9.17) is 16.3 Å². The van der Waals surface area contributed by atoms with Crippen LogP contribution in [-0.2, 0) is 17.2 Å². The van der Waals surface area contributed by atoms with E-state index < -0.39 is 10.8 Å². The topological polar surface area (TPSA) is 29.5 Å². The maximum Gasteiger partial charge on any atom is 0.119 e. The fourth-order valence-corrected chi connectivity index (χ4v) is 3.91. The van der Waals surface area contributed by atoms with E-state index in [1.54, 1.807) is 6.26 Å². The smallest absolute Gasteiger partial charge is 0.119 e. The molecule has 3 nitrogen and oxygen atoms in total. The minimum atomic E-state index is -0.938. The molecule has 2 aromatic carbocycles. The van der Waals surface area contributed by atoms with E-state index in [0.29, 0.717) is 5.92 Å². The van der Waals surface area contributed by atoms with E-state index in [0.717, 1.165) is 48.3 Å². The highest BCUT2D eigenvalue weighted by Gasteiger charge is 2.22. The standard InChI is InChI=1S/C20H24ClNO2S/c1-25(23)20-7-5-19(6-8-20)24-15-17-10-12-22(14-17)11-9-16-3-2-4-18(21)13-16/h2-8,13,17H,9-12,14-15H2,1H3. The number of benzene rings is 2. The molecule has 25 heavy (non-hydrogen) atoms. The van der Waals surface area contributed by atoms with Crippen molar-refractivity contribution in [2.24, 2.45) is 5.92 Å². The van der Waals surface area contributed by atoms with Gasteiger partial charge in [0, 0.05) is 46.0 Å². The summed E-state index contributed by atoms with van der Waals surface area (Å²) in [6.07, 6.45) is 3.89. The van der Waals surface area contributed by atoms with Gasteiger partial charge in [-0.25, -0.2) is 0 Å². The molecule has 0 bridgehead atoms. The molecule has 134 valence electrons. The maximum absolute atomic E-state index is 11.4. The van der Waals surface area contributed by atoms with Gasteiger partial charge in [-0.1, -0.05) is 23.7 Å². The van der Waals surface area contributed by atoms with Gasteiger partial charge in [0.15, 0.2) is 0 Å². The third-order valence-electron chi connectivity index (χ3n) is 4.62. The Morgan fingerprint density at radius 3 is 2.76 bits per heavy atom. The highest BCUT2D eigenvalue weighted by molar-refractivity contribution is 7.84. The molecule has 5 heteroatoms. The number of hydrogen-bond acceptors (Lipinski definition) is 3. The van der Waals surface area contributed by atoms with E-state index >= 15 is 0 Å². The third-order valence-corrected chi connectivity index (χ3v) is 5.79. The Morgan fingerprint density at radius 1 is 1.24 bits per heavy atom. The summed E-state index contributed by atoms with van der Waals surface area (Å²) in [5.41, 5.74) is 1.29. The lowest BCUT2D eigenvalue weighted by Gasteiger charge is -2.16. The second-order valence-electron chi connectivity index (χ2n) is 6.57. The Morgan fingerprint density at radius 2 is 2.04 bits per heavy atom. The summed E-state index contributed by atoms with van der Waals surface area (Å²) in [5, 5.41) is 0.808. The second kappa shape index (κ2) is 8.84. The van der Waals surface area contributed by atoms with Gasteiger partial charge in [0.1, 0.15) is 5.75 Å². The van der Waals surface area contributed by atoms with Crippen molar-refractivity contribution in [2.75, 3.05) is 32.5 Å². The van der Waals surface area contributed by atoms with Crippen molar-refractivity contribution in [3.05, 3.63) is 59.1 Å². The largest absolute Gasteiger partial charge is 0.493 e. The molecule has 1 fully saturated rings. The molecule has 1 saturated heterocycles. The summed E-state index contributed by atoms with van der Waals surface area (Å²) in [4.78, 5) is 3.33. The van der Waals surface area contributed by atoms with Crippen LogP contribution in [0.2, 0.25) is 5.02 Å². The Labute approximate surface area is 157 Å². The van der Waals surface area contributed by atoms with Crippen molar-refractivity contribution >= 4 is 22.4 Å². The maximum atomic E-state index is 11.4. The van der Waals surface area contributed by atoms with Gasteiger partial charge in [0.25, 0.3) is 0 Å². The van der Waals surface area contributed by atoms with E-state index in [1.807, 2.05) is 42.5 Å². The molecule has 2 atom stereocenters. The molecule has 0 N–H and O–H groups in total. The molecular formula is C20H24ClNO2S. The molecular weight excluding hydrogens is 354 g/mol. The van der Waals surface area contributed by atoms with Crippen LogP contribution in [0.25, 0.3) is 0 Å². The van der Waals surface area contributed by atoms with Crippen LogP contribution in [0.4, 0.5) is 0 Å². The van der Waals surface area contributed by atoms with Crippen molar-refractivity contribution in [3.63, 3.8) is 0 Å². The summed E-state index contributed by atoms with van der Waals surface area (Å²) in [7, 11) is -0.938. The number of hydrogen-bond donors (Lipinski definition) is 0. The molecule has 0 aromatic heterocycles. The van der Waals surface area contributed by atoms with Crippen LogP contribution in [0.5, 0.6) is 5.75 Å². The van der Waals surface area contributed by atoms with Crippen LogP contribution < -0.4 is 4.74 Å².